The van der Waals surface area contributed by atoms with Crippen LogP contribution in [-0.2, 0) is 9.53 Å². The van der Waals surface area contributed by atoms with Gasteiger partial charge in [-0.2, -0.15) is 5.10 Å². The molecule has 0 amide bonds. The summed E-state index contributed by atoms with van der Waals surface area (Å²) in [5.41, 5.74) is 2.71. The van der Waals surface area contributed by atoms with E-state index in [1.54, 1.807) is 20.9 Å². The average molecular weight is 203 g/mol. The highest BCUT2D eigenvalue weighted by molar-refractivity contribution is 7.80. The van der Waals surface area contributed by atoms with E-state index in [2.05, 4.69) is 15.8 Å². The van der Waals surface area contributed by atoms with Gasteiger partial charge in [0.05, 0.1) is 6.61 Å². The van der Waals surface area contributed by atoms with Crippen LogP contribution in [0.25, 0.3) is 0 Å². The van der Waals surface area contributed by atoms with Crippen molar-refractivity contribution in [3.63, 3.8) is 0 Å². The van der Waals surface area contributed by atoms with Crippen LogP contribution in [0.15, 0.2) is 5.10 Å². The van der Waals surface area contributed by atoms with E-state index >= 15 is 0 Å². The zero-order valence-electron chi connectivity index (χ0n) is 7.88. The molecule has 0 heterocycles. The Labute approximate surface area is 82.5 Å². The van der Waals surface area contributed by atoms with E-state index in [4.69, 9.17) is 17.0 Å². The van der Waals surface area contributed by atoms with Gasteiger partial charge in [0, 0.05) is 7.05 Å². The van der Waals surface area contributed by atoms with Crippen molar-refractivity contribution in [3.8, 4) is 0 Å². The molecule has 74 valence electrons. The van der Waals surface area contributed by atoms with Gasteiger partial charge in [-0.3, -0.25) is 5.43 Å². The number of hydrogen-bond donors (Lipinski definition) is 2. The van der Waals surface area contributed by atoms with E-state index in [0.717, 1.165) is 0 Å². The molecular formula is C7H13N3O2S. The Balaban J connectivity index is 4.01. The van der Waals surface area contributed by atoms with E-state index in [0.29, 0.717) is 11.7 Å². The molecule has 0 saturated heterocycles. The number of rotatable bonds is 3. The first-order chi connectivity index (χ1) is 6.11. The molecule has 0 radical (unpaired) electrons. The van der Waals surface area contributed by atoms with Crippen molar-refractivity contribution >= 4 is 29.0 Å². The number of nitrogens with zero attached hydrogens (tertiary/aromatic N) is 1. The zero-order chi connectivity index (χ0) is 10.3. The number of hydrazone groups is 1. The molecule has 0 aliphatic rings. The molecule has 0 spiro atoms. The molecule has 0 aromatic rings. The Morgan fingerprint density at radius 1 is 1.62 bits per heavy atom. The van der Waals surface area contributed by atoms with Crippen LogP contribution in [-0.4, -0.2) is 30.4 Å². The molecule has 5 nitrogen and oxygen atoms in total. The van der Waals surface area contributed by atoms with Crippen LogP contribution in [0.5, 0.6) is 0 Å². The first-order valence-electron chi connectivity index (χ1n) is 3.81. The van der Waals surface area contributed by atoms with Crippen molar-refractivity contribution in [1.29, 1.82) is 0 Å². The Morgan fingerprint density at radius 3 is 2.69 bits per heavy atom. The van der Waals surface area contributed by atoms with E-state index in [1.807, 2.05) is 0 Å². The molecule has 0 aliphatic heterocycles. The molecule has 0 saturated carbocycles. The van der Waals surface area contributed by atoms with Crippen LogP contribution >= 0.6 is 12.2 Å². The lowest BCUT2D eigenvalue weighted by atomic mass is 10.4. The predicted octanol–water partition coefficient (Wildman–Crippen LogP) is 0.0193. The molecule has 0 fully saturated rings. The lowest BCUT2D eigenvalue weighted by Crippen LogP contribution is -2.30. The van der Waals surface area contributed by atoms with Gasteiger partial charge in [-0.25, -0.2) is 4.79 Å². The highest BCUT2D eigenvalue weighted by Gasteiger charge is 2.05. The summed E-state index contributed by atoms with van der Waals surface area (Å²) in [4.78, 5) is 11.0. The predicted molar refractivity (Wildman–Crippen MR) is 54.5 cm³/mol. The van der Waals surface area contributed by atoms with E-state index in [-0.39, 0.29) is 5.71 Å². The Bertz CT molecular complexity index is 228. The maximum Gasteiger partial charge on any atom is 0.354 e. The number of nitrogens with one attached hydrogen (secondary N) is 2. The normalized spacial score (nSPS) is 10.5. The molecule has 0 atom stereocenters. The second kappa shape index (κ2) is 6.36. The standard InChI is InChI=1S/C7H13N3O2S/c1-4-12-6(11)5(2)9-10-7(13)8-3/h4H2,1-3H3,(H2,8,10,13)/b9-5-. The minimum Gasteiger partial charge on any atom is -0.461 e. The van der Waals surface area contributed by atoms with Gasteiger partial charge in [-0.1, -0.05) is 0 Å². The third-order valence-corrected chi connectivity index (χ3v) is 1.42. The first-order valence-corrected chi connectivity index (χ1v) is 4.21. The summed E-state index contributed by atoms with van der Waals surface area (Å²) in [6, 6.07) is 0. The molecule has 6 heteroatoms. The fourth-order valence-electron chi connectivity index (χ4n) is 0.472. The van der Waals surface area contributed by atoms with Gasteiger partial charge in [0.1, 0.15) is 5.71 Å². The van der Waals surface area contributed by atoms with Gasteiger partial charge in [0.25, 0.3) is 0 Å². The third-order valence-electron chi connectivity index (χ3n) is 1.12. The number of thiocarbonyl (C=S) groups is 1. The molecular weight excluding hydrogens is 190 g/mol. The number of ether oxygens (including phenoxy) is 1. The van der Waals surface area contributed by atoms with Crippen molar-refractivity contribution in [3.05, 3.63) is 0 Å². The fraction of sp³-hybridized carbons (Fsp3) is 0.571. The maximum absolute atomic E-state index is 11.0. The Hall–Kier alpha value is -1.17. The lowest BCUT2D eigenvalue weighted by Gasteiger charge is -2.02. The highest BCUT2D eigenvalue weighted by Crippen LogP contribution is 1.82. The quantitative estimate of drug-likeness (QED) is 0.293. The summed E-state index contributed by atoms with van der Waals surface area (Å²) in [6.07, 6.45) is 0. The monoisotopic (exact) mass is 203 g/mol. The molecule has 0 rings (SSSR count). The van der Waals surface area contributed by atoms with Crippen LogP contribution in [0.3, 0.4) is 0 Å². The van der Waals surface area contributed by atoms with E-state index in [1.165, 1.54) is 0 Å². The van der Waals surface area contributed by atoms with Gasteiger partial charge in [0.2, 0.25) is 0 Å². The molecule has 0 aliphatic carbocycles. The van der Waals surface area contributed by atoms with Crippen molar-refractivity contribution in [2.75, 3.05) is 13.7 Å². The molecule has 0 aromatic carbocycles. The lowest BCUT2D eigenvalue weighted by molar-refractivity contribution is -0.135. The summed E-state index contributed by atoms with van der Waals surface area (Å²) in [7, 11) is 1.66. The Kier molecular flexibility index (Phi) is 5.79. The average Bonchev–Trinajstić information content (AvgIpc) is 2.13. The Morgan fingerprint density at radius 2 is 2.23 bits per heavy atom. The van der Waals surface area contributed by atoms with Gasteiger partial charge in [-0.15, -0.1) is 0 Å². The minimum atomic E-state index is -0.450. The minimum absolute atomic E-state index is 0.236. The van der Waals surface area contributed by atoms with Crippen molar-refractivity contribution in [2.45, 2.75) is 13.8 Å². The summed E-state index contributed by atoms with van der Waals surface area (Å²) in [5, 5.41) is 6.70. The highest BCUT2D eigenvalue weighted by atomic mass is 32.1. The fourth-order valence-corrected chi connectivity index (χ4v) is 0.517. The first kappa shape index (κ1) is 11.8. The SMILES string of the molecule is CCOC(=O)/C(C)=N\NC(=S)NC. The molecule has 2 N–H and O–H groups in total. The molecule has 0 aromatic heterocycles. The summed E-state index contributed by atoms with van der Waals surface area (Å²) in [6.45, 7) is 3.61. The second-order valence-electron chi connectivity index (χ2n) is 2.11. The number of carbonyl (C=O) groups is 1. The van der Waals surface area contributed by atoms with Crippen LogP contribution in [0.1, 0.15) is 13.8 Å². The van der Waals surface area contributed by atoms with Gasteiger partial charge < -0.3 is 10.1 Å². The summed E-state index contributed by atoms with van der Waals surface area (Å²) < 4.78 is 4.70. The smallest absolute Gasteiger partial charge is 0.354 e. The summed E-state index contributed by atoms with van der Waals surface area (Å²) >= 11 is 4.74. The van der Waals surface area contributed by atoms with E-state index < -0.39 is 5.97 Å². The van der Waals surface area contributed by atoms with Crippen molar-refractivity contribution in [2.24, 2.45) is 5.10 Å². The van der Waals surface area contributed by atoms with Crippen LogP contribution in [0.4, 0.5) is 0 Å². The topological polar surface area (TPSA) is 62.7 Å². The number of hydrogen-bond acceptors (Lipinski definition) is 4. The zero-order valence-corrected chi connectivity index (χ0v) is 8.70. The van der Waals surface area contributed by atoms with Crippen LogP contribution in [0, 0.1) is 0 Å². The van der Waals surface area contributed by atoms with Gasteiger partial charge in [0.15, 0.2) is 5.11 Å². The van der Waals surface area contributed by atoms with Crippen LogP contribution < -0.4 is 10.7 Å². The third kappa shape index (κ3) is 5.13. The summed E-state index contributed by atoms with van der Waals surface area (Å²) in [5.74, 6) is -0.450. The van der Waals surface area contributed by atoms with Crippen molar-refractivity contribution in [1.82, 2.24) is 10.7 Å². The molecule has 0 bridgehead atoms. The number of esters is 1. The number of carbonyl (C=O) groups excluding carboxylic acids is 1. The van der Waals surface area contributed by atoms with Crippen LogP contribution in [0.2, 0.25) is 0 Å². The second-order valence-corrected chi connectivity index (χ2v) is 2.52. The van der Waals surface area contributed by atoms with E-state index in [9.17, 15) is 4.79 Å². The van der Waals surface area contributed by atoms with Gasteiger partial charge >= 0.3 is 5.97 Å². The largest absolute Gasteiger partial charge is 0.461 e. The maximum atomic E-state index is 11.0. The molecule has 0 unspecified atom stereocenters. The van der Waals surface area contributed by atoms with Crippen molar-refractivity contribution < 1.29 is 9.53 Å². The molecule has 13 heavy (non-hydrogen) atoms. The van der Waals surface area contributed by atoms with Gasteiger partial charge in [-0.05, 0) is 26.1 Å².